The third-order valence-electron chi connectivity index (χ3n) is 4.12. The van der Waals surface area contributed by atoms with E-state index in [0.717, 1.165) is 31.2 Å². The molecule has 0 heterocycles. The van der Waals surface area contributed by atoms with Crippen molar-refractivity contribution in [3.8, 4) is 11.5 Å². The Labute approximate surface area is 142 Å². The zero-order valence-corrected chi connectivity index (χ0v) is 14.1. The van der Waals surface area contributed by atoms with Gasteiger partial charge in [0.15, 0.2) is 11.5 Å². The van der Waals surface area contributed by atoms with Crippen LogP contribution in [0.5, 0.6) is 11.5 Å². The maximum atomic E-state index is 12.0. The Bertz CT molecular complexity index is 607. The molecule has 1 fully saturated rings. The molecular weight excluding hydrogens is 308 g/mol. The van der Waals surface area contributed by atoms with Gasteiger partial charge in [-0.2, -0.15) is 0 Å². The molecular formula is C18H24N2O4. The number of ether oxygens (including phenoxy) is 2. The highest BCUT2D eigenvalue weighted by Crippen LogP contribution is 2.28. The Kier molecular flexibility index (Phi) is 6.66. The number of carbonyl (C=O) groups is 2. The van der Waals surface area contributed by atoms with Crippen LogP contribution >= 0.6 is 0 Å². The predicted molar refractivity (Wildman–Crippen MR) is 91.4 cm³/mol. The fourth-order valence-electron chi connectivity index (χ4n) is 2.76. The van der Waals surface area contributed by atoms with Crippen molar-refractivity contribution in [3.05, 3.63) is 29.8 Å². The van der Waals surface area contributed by atoms with E-state index < -0.39 is 0 Å². The zero-order chi connectivity index (χ0) is 17.4. The van der Waals surface area contributed by atoms with E-state index >= 15 is 0 Å². The van der Waals surface area contributed by atoms with Gasteiger partial charge in [-0.25, -0.2) is 0 Å². The van der Waals surface area contributed by atoms with Gasteiger partial charge < -0.3 is 9.47 Å². The summed E-state index contributed by atoms with van der Waals surface area (Å²) in [5, 5.41) is 0. The van der Waals surface area contributed by atoms with Gasteiger partial charge >= 0.3 is 0 Å². The summed E-state index contributed by atoms with van der Waals surface area (Å²) in [7, 11) is 3.12. The first-order valence-corrected chi connectivity index (χ1v) is 8.14. The molecule has 24 heavy (non-hydrogen) atoms. The van der Waals surface area contributed by atoms with Crippen molar-refractivity contribution < 1.29 is 19.1 Å². The first kappa shape index (κ1) is 17.8. The van der Waals surface area contributed by atoms with Crippen LogP contribution in [0.2, 0.25) is 0 Å². The van der Waals surface area contributed by atoms with Crippen molar-refractivity contribution in [2.75, 3.05) is 14.2 Å². The molecule has 1 aromatic carbocycles. The number of hydrogen-bond acceptors (Lipinski definition) is 4. The normalized spacial score (nSPS) is 15.1. The van der Waals surface area contributed by atoms with Crippen LogP contribution in [-0.2, 0) is 9.59 Å². The minimum absolute atomic E-state index is 0.00822. The number of benzene rings is 1. The summed E-state index contributed by atoms with van der Waals surface area (Å²) in [6.07, 6.45) is 8.12. The number of hydrazine groups is 1. The third kappa shape index (κ3) is 5.01. The van der Waals surface area contributed by atoms with E-state index in [0.29, 0.717) is 11.5 Å². The van der Waals surface area contributed by atoms with Gasteiger partial charge in [0.1, 0.15) is 0 Å². The quantitative estimate of drug-likeness (QED) is 0.641. The van der Waals surface area contributed by atoms with Gasteiger partial charge in [0.05, 0.1) is 14.2 Å². The van der Waals surface area contributed by atoms with E-state index in [9.17, 15) is 9.59 Å². The number of rotatable bonds is 5. The van der Waals surface area contributed by atoms with Gasteiger partial charge in [-0.15, -0.1) is 0 Å². The van der Waals surface area contributed by atoms with Gasteiger partial charge in [0.2, 0.25) is 5.91 Å². The van der Waals surface area contributed by atoms with Crippen molar-refractivity contribution in [2.24, 2.45) is 5.92 Å². The molecule has 1 aliphatic rings. The number of amides is 2. The van der Waals surface area contributed by atoms with Crippen LogP contribution in [0.15, 0.2) is 24.3 Å². The van der Waals surface area contributed by atoms with E-state index in [1.807, 2.05) is 6.07 Å². The summed E-state index contributed by atoms with van der Waals surface area (Å²) >= 11 is 0. The van der Waals surface area contributed by atoms with E-state index in [4.69, 9.17) is 9.47 Å². The lowest BCUT2D eigenvalue weighted by atomic mass is 9.89. The summed E-state index contributed by atoms with van der Waals surface area (Å²) in [5.41, 5.74) is 5.71. The topological polar surface area (TPSA) is 76.7 Å². The molecule has 0 bridgehead atoms. The Balaban J connectivity index is 1.85. The molecule has 1 saturated carbocycles. The second-order valence-corrected chi connectivity index (χ2v) is 5.76. The molecule has 0 atom stereocenters. The number of carbonyl (C=O) groups excluding carboxylic acids is 2. The molecule has 2 N–H and O–H groups in total. The van der Waals surface area contributed by atoms with Gasteiger partial charge in [-0.1, -0.05) is 25.3 Å². The lowest BCUT2D eigenvalue weighted by Gasteiger charge is -2.20. The molecule has 130 valence electrons. The number of methoxy groups -OCH3 is 2. The van der Waals surface area contributed by atoms with E-state index in [1.54, 1.807) is 32.4 Å². The van der Waals surface area contributed by atoms with Crippen molar-refractivity contribution >= 4 is 17.9 Å². The first-order chi connectivity index (χ1) is 11.6. The summed E-state index contributed by atoms with van der Waals surface area (Å²) in [5.74, 6) is 0.731. The summed E-state index contributed by atoms with van der Waals surface area (Å²) in [6.45, 7) is 0. The predicted octanol–water partition coefficient (Wildman–Crippen LogP) is 2.44. The van der Waals surface area contributed by atoms with Gasteiger partial charge in [-0.05, 0) is 36.6 Å². The monoisotopic (exact) mass is 332 g/mol. The Morgan fingerprint density at radius 1 is 1.04 bits per heavy atom. The Hall–Kier alpha value is -2.50. The van der Waals surface area contributed by atoms with Crippen LogP contribution in [-0.4, -0.2) is 26.0 Å². The van der Waals surface area contributed by atoms with Crippen LogP contribution in [0.25, 0.3) is 6.08 Å². The summed E-state index contributed by atoms with van der Waals surface area (Å²) in [6, 6.07) is 5.34. The highest BCUT2D eigenvalue weighted by Gasteiger charge is 2.20. The molecule has 0 aliphatic heterocycles. The molecule has 6 heteroatoms. The minimum atomic E-state index is -0.381. The third-order valence-corrected chi connectivity index (χ3v) is 4.12. The molecule has 1 aliphatic carbocycles. The fourth-order valence-corrected chi connectivity index (χ4v) is 2.76. The van der Waals surface area contributed by atoms with Crippen LogP contribution in [0, 0.1) is 5.92 Å². The van der Waals surface area contributed by atoms with Crippen LogP contribution in [0.3, 0.4) is 0 Å². The molecule has 6 nitrogen and oxygen atoms in total. The van der Waals surface area contributed by atoms with Gasteiger partial charge in [0.25, 0.3) is 5.91 Å². The summed E-state index contributed by atoms with van der Waals surface area (Å²) in [4.78, 5) is 23.8. The number of hydrogen-bond donors (Lipinski definition) is 2. The molecule has 2 rings (SSSR count). The van der Waals surface area contributed by atoms with Crippen LogP contribution in [0.1, 0.15) is 37.7 Å². The Morgan fingerprint density at radius 3 is 2.42 bits per heavy atom. The fraction of sp³-hybridized carbons (Fsp3) is 0.444. The number of nitrogens with one attached hydrogen (secondary N) is 2. The van der Waals surface area contributed by atoms with Gasteiger partial charge in [0, 0.05) is 12.0 Å². The van der Waals surface area contributed by atoms with Crippen molar-refractivity contribution in [3.63, 3.8) is 0 Å². The standard InChI is InChI=1S/C18H24N2O4/c1-23-15-10-8-13(12-16(15)24-2)9-11-17(21)19-20-18(22)14-6-4-3-5-7-14/h8-12,14H,3-7H2,1-2H3,(H,19,21)(H,20,22)/b11-9+. The molecule has 0 unspecified atom stereocenters. The van der Waals surface area contributed by atoms with Crippen LogP contribution < -0.4 is 20.3 Å². The average molecular weight is 332 g/mol. The highest BCUT2D eigenvalue weighted by atomic mass is 16.5. The first-order valence-electron chi connectivity index (χ1n) is 8.14. The Morgan fingerprint density at radius 2 is 1.75 bits per heavy atom. The second kappa shape index (κ2) is 8.96. The largest absolute Gasteiger partial charge is 0.493 e. The molecule has 2 amide bonds. The van der Waals surface area contributed by atoms with Crippen molar-refractivity contribution in [2.45, 2.75) is 32.1 Å². The van der Waals surface area contributed by atoms with Crippen molar-refractivity contribution in [1.29, 1.82) is 0 Å². The minimum Gasteiger partial charge on any atom is -0.493 e. The molecule has 1 aromatic rings. The molecule has 0 spiro atoms. The maximum Gasteiger partial charge on any atom is 0.262 e. The molecule has 0 aromatic heterocycles. The van der Waals surface area contributed by atoms with Gasteiger partial charge in [-0.3, -0.25) is 20.4 Å². The van der Waals surface area contributed by atoms with Crippen LogP contribution in [0.4, 0.5) is 0 Å². The lowest BCUT2D eigenvalue weighted by Crippen LogP contribution is -2.44. The smallest absolute Gasteiger partial charge is 0.262 e. The van der Waals surface area contributed by atoms with E-state index in [1.165, 1.54) is 12.5 Å². The summed E-state index contributed by atoms with van der Waals surface area (Å²) < 4.78 is 10.4. The SMILES string of the molecule is COc1ccc(/C=C/C(=O)NNC(=O)C2CCCCC2)cc1OC. The van der Waals surface area contributed by atoms with E-state index in [-0.39, 0.29) is 17.7 Å². The zero-order valence-electron chi connectivity index (χ0n) is 14.1. The average Bonchev–Trinajstić information content (AvgIpc) is 2.64. The highest BCUT2D eigenvalue weighted by molar-refractivity contribution is 5.93. The second-order valence-electron chi connectivity index (χ2n) is 5.76. The molecule has 0 saturated heterocycles. The van der Waals surface area contributed by atoms with E-state index in [2.05, 4.69) is 10.9 Å². The molecule has 0 radical (unpaired) electrons. The lowest BCUT2D eigenvalue weighted by molar-refractivity contribution is -0.130. The van der Waals surface area contributed by atoms with Crippen molar-refractivity contribution in [1.82, 2.24) is 10.9 Å². The maximum absolute atomic E-state index is 12.0.